The van der Waals surface area contributed by atoms with Crippen molar-refractivity contribution < 1.29 is 4.79 Å². The Kier molecular flexibility index (Phi) is 3.61. The first kappa shape index (κ1) is 12.7. The topological polar surface area (TPSA) is 35.6 Å². The van der Waals surface area contributed by atoms with Gasteiger partial charge in [-0.15, -0.1) is 0 Å². The van der Waals surface area contributed by atoms with E-state index in [1.807, 2.05) is 0 Å². The third-order valence-electron chi connectivity index (χ3n) is 4.12. The molecule has 17 heavy (non-hydrogen) atoms. The zero-order valence-electron chi connectivity index (χ0n) is 11.4. The minimum Gasteiger partial charge on any atom is -0.335 e. The van der Waals surface area contributed by atoms with Gasteiger partial charge < -0.3 is 10.2 Å². The Morgan fingerprint density at radius 2 is 1.76 bits per heavy atom. The molecule has 0 aliphatic carbocycles. The molecule has 98 valence electrons. The average Bonchev–Trinajstić information content (AvgIpc) is 2.51. The summed E-state index contributed by atoms with van der Waals surface area (Å²) < 4.78 is 0. The predicted molar refractivity (Wildman–Crippen MR) is 69.0 cm³/mol. The maximum Gasteiger partial charge on any atom is 0.317 e. The summed E-state index contributed by atoms with van der Waals surface area (Å²) in [4.78, 5) is 15.9. The number of rotatable bonds is 2. The van der Waals surface area contributed by atoms with Gasteiger partial charge in [0.2, 0.25) is 0 Å². The highest BCUT2D eigenvalue weighted by Crippen LogP contribution is 2.37. The lowest BCUT2D eigenvalue weighted by Gasteiger charge is -2.41. The third-order valence-corrected chi connectivity index (χ3v) is 4.12. The first-order valence-corrected chi connectivity index (χ1v) is 6.74. The van der Waals surface area contributed by atoms with Crippen LogP contribution in [0.25, 0.3) is 0 Å². The van der Waals surface area contributed by atoms with Gasteiger partial charge in [0, 0.05) is 38.3 Å². The van der Waals surface area contributed by atoms with Crippen LogP contribution < -0.4 is 5.32 Å². The Bertz CT molecular complexity index is 276. The minimum atomic E-state index is 0.0485. The molecule has 0 spiro atoms. The molecule has 2 fully saturated rings. The summed E-state index contributed by atoms with van der Waals surface area (Å²) in [6.07, 6.45) is 4.84. The molecular weight excluding hydrogens is 214 g/mol. The van der Waals surface area contributed by atoms with E-state index in [0.717, 1.165) is 12.8 Å². The number of carbonyl (C=O) groups is 1. The number of hydrogen-bond acceptors (Lipinski definition) is 2. The molecule has 2 amide bonds. The molecule has 4 nitrogen and oxygen atoms in total. The maximum atomic E-state index is 11.7. The van der Waals surface area contributed by atoms with E-state index in [1.54, 1.807) is 19.0 Å². The van der Waals surface area contributed by atoms with E-state index in [4.69, 9.17) is 0 Å². The molecule has 0 radical (unpaired) electrons. The van der Waals surface area contributed by atoms with E-state index in [1.165, 1.54) is 12.8 Å². The van der Waals surface area contributed by atoms with E-state index in [9.17, 15) is 4.79 Å². The van der Waals surface area contributed by atoms with Gasteiger partial charge in [0.15, 0.2) is 0 Å². The Morgan fingerprint density at radius 3 is 2.18 bits per heavy atom. The van der Waals surface area contributed by atoms with Crippen molar-refractivity contribution in [3.8, 4) is 0 Å². The predicted octanol–water partition coefficient (Wildman–Crippen LogP) is 1.66. The normalized spacial score (nSPS) is 32.9. The lowest BCUT2D eigenvalue weighted by molar-refractivity contribution is 0.0857. The summed E-state index contributed by atoms with van der Waals surface area (Å²) >= 11 is 0. The van der Waals surface area contributed by atoms with Gasteiger partial charge in [-0.05, 0) is 39.5 Å². The van der Waals surface area contributed by atoms with Crippen LogP contribution in [0, 0.1) is 0 Å². The second kappa shape index (κ2) is 4.84. The van der Waals surface area contributed by atoms with Crippen LogP contribution in [0.15, 0.2) is 0 Å². The van der Waals surface area contributed by atoms with Crippen molar-refractivity contribution in [2.45, 2.75) is 63.7 Å². The van der Waals surface area contributed by atoms with Crippen LogP contribution in [0.4, 0.5) is 4.79 Å². The number of piperidine rings is 1. The van der Waals surface area contributed by atoms with Gasteiger partial charge in [0.25, 0.3) is 0 Å². The molecule has 2 saturated heterocycles. The fourth-order valence-electron chi connectivity index (χ4n) is 3.48. The van der Waals surface area contributed by atoms with Crippen LogP contribution in [0.3, 0.4) is 0 Å². The van der Waals surface area contributed by atoms with E-state index < -0.39 is 0 Å². The van der Waals surface area contributed by atoms with Gasteiger partial charge >= 0.3 is 6.03 Å². The summed E-state index contributed by atoms with van der Waals surface area (Å²) in [5, 5.41) is 3.14. The third kappa shape index (κ3) is 2.57. The Hall–Kier alpha value is -0.770. The second-order valence-electron chi connectivity index (χ2n) is 5.94. The van der Waals surface area contributed by atoms with Crippen molar-refractivity contribution >= 4 is 6.03 Å². The SMILES string of the molecule is CC(C)N1C2CC[C@H]1CC(NC(=O)N(C)C)C2. The van der Waals surface area contributed by atoms with E-state index in [-0.39, 0.29) is 6.03 Å². The van der Waals surface area contributed by atoms with Crippen LogP contribution >= 0.6 is 0 Å². The van der Waals surface area contributed by atoms with Crippen molar-refractivity contribution in [3.05, 3.63) is 0 Å². The number of carbonyl (C=O) groups excluding carboxylic acids is 1. The molecular formula is C13H25N3O. The van der Waals surface area contributed by atoms with E-state index in [0.29, 0.717) is 24.2 Å². The average molecular weight is 239 g/mol. The Balaban J connectivity index is 1.93. The quantitative estimate of drug-likeness (QED) is 0.795. The molecule has 2 aliphatic heterocycles. The van der Waals surface area contributed by atoms with Gasteiger partial charge in [-0.3, -0.25) is 4.90 Å². The minimum absolute atomic E-state index is 0.0485. The van der Waals surface area contributed by atoms with Gasteiger partial charge in [0.1, 0.15) is 0 Å². The summed E-state index contributed by atoms with van der Waals surface area (Å²) in [7, 11) is 3.60. The number of amides is 2. The summed E-state index contributed by atoms with van der Waals surface area (Å²) in [5.74, 6) is 0. The van der Waals surface area contributed by atoms with Gasteiger partial charge in [-0.25, -0.2) is 4.79 Å². The van der Waals surface area contributed by atoms with Crippen LogP contribution in [0.5, 0.6) is 0 Å². The van der Waals surface area contributed by atoms with E-state index in [2.05, 4.69) is 24.1 Å². The Labute approximate surface area is 104 Å². The molecule has 0 aromatic heterocycles. The highest BCUT2D eigenvalue weighted by atomic mass is 16.2. The number of urea groups is 1. The van der Waals surface area contributed by atoms with Gasteiger partial charge in [0.05, 0.1) is 0 Å². The molecule has 2 heterocycles. The molecule has 0 aromatic rings. The highest BCUT2D eigenvalue weighted by molar-refractivity contribution is 5.73. The molecule has 2 bridgehead atoms. The van der Waals surface area contributed by atoms with Gasteiger partial charge in [-0.2, -0.15) is 0 Å². The standard InChI is InChI=1S/C13H25N3O/c1-9(2)16-11-5-6-12(16)8-10(7-11)14-13(17)15(3)4/h9-12H,5-8H2,1-4H3,(H,14,17)/t10?,11-,12?/m0/s1. The molecule has 0 aromatic carbocycles. The number of nitrogens with zero attached hydrogens (tertiary/aromatic N) is 2. The lowest BCUT2D eigenvalue weighted by atomic mass is 9.96. The van der Waals surface area contributed by atoms with Crippen LogP contribution in [0.1, 0.15) is 39.5 Å². The van der Waals surface area contributed by atoms with Crippen LogP contribution in [0.2, 0.25) is 0 Å². The Morgan fingerprint density at radius 1 is 1.24 bits per heavy atom. The van der Waals surface area contributed by atoms with E-state index >= 15 is 0 Å². The largest absolute Gasteiger partial charge is 0.335 e. The zero-order valence-corrected chi connectivity index (χ0v) is 11.4. The first-order valence-electron chi connectivity index (χ1n) is 6.74. The number of fused-ring (bicyclic) bond motifs is 2. The monoisotopic (exact) mass is 239 g/mol. The van der Waals surface area contributed by atoms with Crippen LogP contribution in [-0.4, -0.2) is 54.1 Å². The van der Waals surface area contributed by atoms with Crippen molar-refractivity contribution in [2.75, 3.05) is 14.1 Å². The number of hydrogen-bond donors (Lipinski definition) is 1. The fourth-order valence-corrected chi connectivity index (χ4v) is 3.48. The first-order chi connectivity index (χ1) is 7.99. The summed E-state index contributed by atoms with van der Waals surface area (Å²) in [6.45, 7) is 4.56. The maximum absolute atomic E-state index is 11.7. The summed E-state index contributed by atoms with van der Waals surface area (Å²) in [6, 6.07) is 2.42. The molecule has 3 atom stereocenters. The highest BCUT2D eigenvalue weighted by Gasteiger charge is 2.42. The molecule has 2 aliphatic rings. The summed E-state index contributed by atoms with van der Waals surface area (Å²) in [5.41, 5.74) is 0. The van der Waals surface area contributed by atoms with Crippen LogP contribution in [-0.2, 0) is 0 Å². The van der Waals surface area contributed by atoms with Crippen molar-refractivity contribution in [1.82, 2.24) is 15.1 Å². The van der Waals surface area contributed by atoms with Crippen molar-refractivity contribution in [3.63, 3.8) is 0 Å². The molecule has 1 N–H and O–H groups in total. The zero-order chi connectivity index (χ0) is 12.6. The molecule has 0 saturated carbocycles. The second-order valence-corrected chi connectivity index (χ2v) is 5.94. The molecule has 2 unspecified atom stereocenters. The molecule has 2 rings (SSSR count). The fraction of sp³-hybridized carbons (Fsp3) is 0.923. The van der Waals surface area contributed by atoms with Gasteiger partial charge in [-0.1, -0.05) is 0 Å². The molecule has 4 heteroatoms. The number of nitrogens with one attached hydrogen (secondary N) is 1. The smallest absolute Gasteiger partial charge is 0.317 e. The lowest BCUT2D eigenvalue weighted by Crippen LogP contribution is -2.53. The van der Waals surface area contributed by atoms with Crippen molar-refractivity contribution in [2.24, 2.45) is 0 Å². The van der Waals surface area contributed by atoms with Crippen molar-refractivity contribution in [1.29, 1.82) is 0 Å².